The molecule has 5 rings (SSSR count). The predicted octanol–water partition coefficient (Wildman–Crippen LogP) is 7.58. The highest BCUT2D eigenvalue weighted by molar-refractivity contribution is 5.93. The molecule has 0 atom stereocenters. The van der Waals surface area contributed by atoms with Crippen LogP contribution in [0.25, 0.3) is 22.2 Å². The molecule has 0 aliphatic heterocycles. The molecule has 12 heteroatoms. The molecule has 1 N–H and O–H groups in total. The van der Waals surface area contributed by atoms with Gasteiger partial charge in [0.1, 0.15) is 23.9 Å². The Hall–Kier alpha value is -4.58. The molecular formula is C28H19F6N5O. The number of anilines is 2. The SMILES string of the molecule is FC(F)(F)c1cccc(Nc2nc(COCc3ccccc3)nc3cc(-c4ncccc4C(F)(F)F)ccc23)n1. The Bertz CT molecular complexity index is 1640. The van der Waals surface area contributed by atoms with Crippen molar-refractivity contribution in [3.63, 3.8) is 0 Å². The molecule has 0 spiro atoms. The second-order valence-corrected chi connectivity index (χ2v) is 8.63. The Kier molecular flexibility index (Phi) is 7.35. The molecule has 0 aliphatic carbocycles. The predicted molar refractivity (Wildman–Crippen MR) is 135 cm³/mol. The van der Waals surface area contributed by atoms with Crippen LogP contribution < -0.4 is 5.32 Å². The van der Waals surface area contributed by atoms with E-state index in [1.165, 1.54) is 42.6 Å². The van der Waals surface area contributed by atoms with Crippen molar-refractivity contribution in [2.45, 2.75) is 25.6 Å². The number of benzene rings is 2. The number of hydrogen-bond acceptors (Lipinski definition) is 6. The van der Waals surface area contributed by atoms with E-state index in [1.807, 2.05) is 30.3 Å². The van der Waals surface area contributed by atoms with Crippen molar-refractivity contribution in [2.75, 3.05) is 5.32 Å². The Morgan fingerprint density at radius 3 is 2.27 bits per heavy atom. The minimum atomic E-state index is -4.66. The number of rotatable bonds is 7. The fraction of sp³-hybridized carbons (Fsp3) is 0.143. The Labute approximate surface area is 223 Å². The maximum atomic E-state index is 13.6. The Balaban J connectivity index is 1.55. The van der Waals surface area contributed by atoms with Crippen LogP contribution in [0.2, 0.25) is 0 Å². The molecule has 0 amide bonds. The number of nitrogens with zero attached hydrogens (tertiary/aromatic N) is 4. The van der Waals surface area contributed by atoms with Crippen LogP contribution in [-0.2, 0) is 30.3 Å². The van der Waals surface area contributed by atoms with Gasteiger partial charge in [0.05, 0.1) is 23.4 Å². The van der Waals surface area contributed by atoms with Gasteiger partial charge in [-0.25, -0.2) is 15.0 Å². The summed E-state index contributed by atoms with van der Waals surface area (Å²) in [5.74, 6) is 0.144. The summed E-state index contributed by atoms with van der Waals surface area (Å²) in [6, 6.07) is 19.1. The largest absolute Gasteiger partial charge is 0.433 e. The molecule has 2 aromatic carbocycles. The quantitative estimate of drug-likeness (QED) is 0.209. The van der Waals surface area contributed by atoms with Crippen molar-refractivity contribution < 1.29 is 31.1 Å². The van der Waals surface area contributed by atoms with Crippen molar-refractivity contribution in [3.8, 4) is 11.3 Å². The molecule has 0 saturated heterocycles. The van der Waals surface area contributed by atoms with Crippen molar-refractivity contribution in [2.24, 2.45) is 0 Å². The van der Waals surface area contributed by atoms with E-state index in [9.17, 15) is 26.3 Å². The maximum Gasteiger partial charge on any atom is 0.433 e. The molecule has 0 saturated carbocycles. The van der Waals surface area contributed by atoms with Gasteiger partial charge < -0.3 is 10.1 Å². The normalized spacial score (nSPS) is 12.1. The number of nitrogens with one attached hydrogen (secondary N) is 1. The fourth-order valence-electron chi connectivity index (χ4n) is 3.97. The van der Waals surface area contributed by atoms with Crippen LogP contribution in [0.3, 0.4) is 0 Å². The molecule has 0 unspecified atom stereocenters. The first kappa shape index (κ1) is 27.0. The van der Waals surface area contributed by atoms with Gasteiger partial charge in [-0.2, -0.15) is 26.3 Å². The third-order valence-corrected chi connectivity index (χ3v) is 5.76. The van der Waals surface area contributed by atoms with Crippen LogP contribution in [0.4, 0.5) is 38.0 Å². The van der Waals surface area contributed by atoms with E-state index in [0.717, 1.165) is 17.7 Å². The van der Waals surface area contributed by atoms with E-state index in [4.69, 9.17) is 4.74 Å². The fourth-order valence-corrected chi connectivity index (χ4v) is 3.97. The summed E-state index contributed by atoms with van der Waals surface area (Å²) in [6.45, 7) is 0.167. The van der Waals surface area contributed by atoms with Crippen LogP contribution in [-0.4, -0.2) is 19.9 Å². The lowest BCUT2D eigenvalue weighted by Crippen LogP contribution is -2.10. The van der Waals surface area contributed by atoms with Crippen LogP contribution in [0.5, 0.6) is 0 Å². The van der Waals surface area contributed by atoms with Gasteiger partial charge >= 0.3 is 12.4 Å². The standard InChI is InChI=1S/C28H19F6N5O/c29-27(30,31)20-8-5-13-35-25(20)18-11-12-19-21(14-18)36-24(16-40-15-17-6-2-1-3-7-17)39-26(19)38-23-10-4-9-22(37-23)28(32,33)34/h1-14H,15-16H2,(H,36,37,38,39). The molecule has 3 aromatic heterocycles. The minimum Gasteiger partial charge on any atom is -0.369 e. The molecular weight excluding hydrogens is 536 g/mol. The number of alkyl halides is 6. The van der Waals surface area contributed by atoms with Gasteiger partial charge in [-0.05, 0) is 42.0 Å². The minimum absolute atomic E-state index is 0.0723. The van der Waals surface area contributed by atoms with E-state index in [1.54, 1.807) is 0 Å². The zero-order chi connectivity index (χ0) is 28.3. The van der Waals surface area contributed by atoms with E-state index >= 15 is 0 Å². The summed E-state index contributed by atoms with van der Waals surface area (Å²) in [5.41, 5.74) is -1.02. The van der Waals surface area contributed by atoms with E-state index < -0.39 is 23.6 Å². The van der Waals surface area contributed by atoms with Crippen molar-refractivity contribution >= 4 is 22.5 Å². The number of ether oxygens (including phenoxy) is 1. The first-order chi connectivity index (χ1) is 19.1. The molecule has 0 bridgehead atoms. The second kappa shape index (κ2) is 10.9. The van der Waals surface area contributed by atoms with E-state index in [0.29, 0.717) is 5.39 Å². The summed E-state index contributed by atoms with van der Waals surface area (Å²) < 4.78 is 86.2. The second-order valence-electron chi connectivity index (χ2n) is 8.63. The average molecular weight is 555 g/mol. The van der Waals surface area contributed by atoms with Gasteiger partial charge in [-0.3, -0.25) is 4.98 Å². The summed E-state index contributed by atoms with van der Waals surface area (Å²) in [7, 11) is 0. The van der Waals surface area contributed by atoms with Crippen LogP contribution in [0.15, 0.2) is 85.1 Å². The topological polar surface area (TPSA) is 72.8 Å². The van der Waals surface area contributed by atoms with Crippen molar-refractivity contribution in [1.29, 1.82) is 0 Å². The molecule has 6 nitrogen and oxygen atoms in total. The molecule has 3 heterocycles. The first-order valence-corrected chi connectivity index (χ1v) is 11.8. The highest BCUT2D eigenvalue weighted by atomic mass is 19.4. The first-order valence-electron chi connectivity index (χ1n) is 11.8. The summed E-state index contributed by atoms with van der Waals surface area (Å²) in [5, 5.41) is 3.14. The monoisotopic (exact) mass is 555 g/mol. The molecule has 5 aromatic rings. The Morgan fingerprint density at radius 1 is 0.725 bits per heavy atom. The van der Waals surface area contributed by atoms with Gasteiger partial charge in [0.2, 0.25) is 0 Å². The zero-order valence-corrected chi connectivity index (χ0v) is 20.5. The Morgan fingerprint density at radius 2 is 1.52 bits per heavy atom. The summed E-state index contributed by atoms with van der Waals surface area (Å²) in [6.07, 6.45) is -8.04. The highest BCUT2D eigenvalue weighted by Gasteiger charge is 2.34. The van der Waals surface area contributed by atoms with Gasteiger partial charge in [-0.1, -0.05) is 42.5 Å². The highest BCUT2D eigenvalue weighted by Crippen LogP contribution is 2.37. The third kappa shape index (κ3) is 6.18. The molecule has 204 valence electrons. The lowest BCUT2D eigenvalue weighted by atomic mass is 10.0. The van der Waals surface area contributed by atoms with Gasteiger partial charge in [-0.15, -0.1) is 0 Å². The molecule has 0 radical (unpaired) electrons. The van der Waals surface area contributed by atoms with Crippen LogP contribution in [0, 0.1) is 0 Å². The third-order valence-electron chi connectivity index (χ3n) is 5.76. The number of aromatic nitrogens is 4. The number of fused-ring (bicyclic) bond motifs is 1. The maximum absolute atomic E-state index is 13.6. The number of hydrogen-bond donors (Lipinski definition) is 1. The average Bonchev–Trinajstić information content (AvgIpc) is 2.92. The van der Waals surface area contributed by atoms with Crippen molar-refractivity contribution in [3.05, 3.63) is 108 Å². The van der Waals surface area contributed by atoms with Crippen molar-refractivity contribution in [1.82, 2.24) is 19.9 Å². The zero-order valence-electron chi connectivity index (χ0n) is 20.5. The molecule has 0 aliphatic rings. The summed E-state index contributed by atoms with van der Waals surface area (Å²) in [4.78, 5) is 16.4. The van der Waals surface area contributed by atoms with Gasteiger partial charge in [0, 0.05) is 17.1 Å². The molecule has 0 fully saturated rings. The lowest BCUT2D eigenvalue weighted by molar-refractivity contribution is -0.141. The van der Waals surface area contributed by atoms with E-state index in [-0.39, 0.29) is 47.4 Å². The summed E-state index contributed by atoms with van der Waals surface area (Å²) >= 11 is 0. The smallest absolute Gasteiger partial charge is 0.369 e. The van der Waals surface area contributed by atoms with Crippen LogP contribution >= 0.6 is 0 Å². The van der Waals surface area contributed by atoms with Gasteiger partial charge in [0.15, 0.2) is 5.82 Å². The lowest BCUT2D eigenvalue weighted by Gasteiger charge is -2.14. The number of pyridine rings is 2. The number of halogens is 6. The molecule has 40 heavy (non-hydrogen) atoms. The van der Waals surface area contributed by atoms with Gasteiger partial charge in [0.25, 0.3) is 0 Å². The van der Waals surface area contributed by atoms with Crippen LogP contribution in [0.1, 0.15) is 22.6 Å². The van der Waals surface area contributed by atoms with E-state index in [2.05, 4.69) is 25.3 Å².